The van der Waals surface area contributed by atoms with Gasteiger partial charge in [0.15, 0.2) is 0 Å². The molecule has 0 saturated heterocycles. The Morgan fingerprint density at radius 3 is 2.35 bits per heavy atom. The van der Waals surface area contributed by atoms with Gasteiger partial charge in [0.05, 0.1) is 0 Å². The highest BCUT2D eigenvalue weighted by Gasteiger charge is 2.11. The number of hydrazine groups is 1. The molecule has 0 aliphatic carbocycles. The van der Waals surface area contributed by atoms with Gasteiger partial charge in [0, 0.05) is 11.3 Å². The minimum absolute atomic E-state index is 0.439. The van der Waals surface area contributed by atoms with Crippen molar-refractivity contribution in [2.24, 2.45) is 5.84 Å². The Hall–Kier alpha value is -2.14. The van der Waals surface area contributed by atoms with Gasteiger partial charge in [-0.1, -0.05) is 32.0 Å². The number of nitrogens with two attached hydrogens (primary N) is 1. The van der Waals surface area contributed by atoms with Gasteiger partial charge in [-0.15, -0.1) is 0 Å². The molecule has 0 radical (unpaired) electrons. The lowest BCUT2D eigenvalue weighted by molar-refractivity contribution is 0.868. The average Bonchev–Trinajstić information content (AvgIpc) is 2.42. The summed E-state index contributed by atoms with van der Waals surface area (Å²) >= 11 is 0. The molecule has 5 heteroatoms. The van der Waals surface area contributed by atoms with Crippen LogP contribution in [0.3, 0.4) is 0 Å². The average molecular weight is 271 g/mol. The lowest BCUT2D eigenvalue weighted by Gasteiger charge is -2.16. The Morgan fingerprint density at radius 1 is 1.05 bits per heavy atom. The molecule has 0 fully saturated rings. The second-order valence-electron chi connectivity index (χ2n) is 5.10. The summed E-state index contributed by atoms with van der Waals surface area (Å²) in [6, 6.07) is 8.24. The van der Waals surface area contributed by atoms with E-state index >= 15 is 0 Å². The van der Waals surface area contributed by atoms with Gasteiger partial charge in [-0.3, -0.25) is 0 Å². The number of nitrogens with zero attached hydrogens (tertiary/aromatic N) is 2. The molecule has 20 heavy (non-hydrogen) atoms. The number of benzene rings is 1. The first-order chi connectivity index (χ1) is 9.52. The second-order valence-corrected chi connectivity index (χ2v) is 5.10. The molecular formula is C15H21N5. The van der Waals surface area contributed by atoms with E-state index in [0.717, 1.165) is 17.1 Å². The number of anilines is 3. The smallest absolute Gasteiger partial charge is 0.148 e. The summed E-state index contributed by atoms with van der Waals surface area (Å²) < 4.78 is 0. The monoisotopic (exact) mass is 271 g/mol. The van der Waals surface area contributed by atoms with Crippen LogP contribution in [0.5, 0.6) is 0 Å². The van der Waals surface area contributed by atoms with Crippen LogP contribution in [-0.2, 0) is 0 Å². The maximum atomic E-state index is 5.49. The third-order valence-corrected chi connectivity index (χ3v) is 3.23. The van der Waals surface area contributed by atoms with Gasteiger partial charge < -0.3 is 10.7 Å². The standard InChI is InChI=1S/C15H21N5/c1-9(2)12-7-5-6-8-13(12)19-14-10(3)15(20-16)18-11(4)17-14/h5-9H,16H2,1-4H3,(H2,17,18,19,20). The van der Waals surface area contributed by atoms with Crippen LogP contribution in [-0.4, -0.2) is 9.97 Å². The van der Waals surface area contributed by atoms with Crippen LogP contribution in [0.4, 0.5) is 17.3 Å². The van der Waals surface area contributed by atoms with Crippen molar-refractivity contribution in [3.8, 4) is 0 Å². The first-order valence-electron chi connectivity index (χ1n) is 6.70. The summed E-state index contributed by atoms with van der Waals surface area (Å²) in [5.74, 6) is 8.02. The van der Waals surface area contributed by atoms with Crippen LogP contribution >= 0.6 is 0 Å². The highest BCUT2D eigenvalue weighted by Crippen LogP contribution is 2.28. The highest BCUT2D eigenvalue weighted by atomic mass is 15.3. The van der Waals surface area contributed by atoms with E-state index in [1.165, 1.54) is 5.56 Å². The summed E-state index contributed by atoms with van der Waals surface area (Å²) in [7, 11) is 0. The van der Waals surface area contributed by atoms with E-state index in [2.05, 4.69) is 46.7 Å². The number of nitrogens with one attached hydrogen (secondary N) is 2. The van der Waals surface area contributed by atoms with E-state index in [1.807, 2.05) is 26.0 Å². The van der Waals surface area contributed by atoms with Gasteiger partial charge in [-0.2, -0.15) is 0 Å². The van der Waals surface area contributed by atoms with Crippen molar-refractivity contribution in [2.45, 2.75) is 33.6 Å². The molecule has 0 aliphatic rings. The summed E-state index contributed by atoms with van der Waals surface area (Å²) in [6.45, 7) is 8.13. The topological polar surface area (TPSA) is 75.9 Å². The number of hydrogen-bond acceptors (Lipinski definition) is 5. The maximum absolute atomic E-state index is 5.49. The Morgan fingerprint density at radius 2 is 1.70 bits per heavy atom. The molecule has 2 rings (SSSR count). The van der Waals surface area contributed by atoms with E-state index in [0.29, 0.717) is 17.6 Å². The van der Waals surface area contributed by atoms with E-state index in [4.69, 9.17) is 5.84 Å². The predicted octanol–water partition coefficient (Wildman–Crippen LogP) is 3.25. The number of rotatable bonds is 4. The van der Waals surface area contributed by atoms with E-state index < -0.39 is 0 Å². The fourth-order valence-electron chi connectivity index (χ4n) is 2.13. The molecule has 0 bridgehead atoms. The Labute approximate surface area is 119 Å². The molecule has 1 heterocycles. The molecule has 106 valence electrons. The Bertz CT molecular complexity index is 607. The van der Waals surface area contributed by atoms with Crippen LogP contribution < -0.4 is 16.6 Å². The largest absolute Gasteiger partial charge is 0.340 e. The van der Waals surface area contributed by atoms with Crippen molar-refractivity contribution < 1.29 is 0 Å². The second kappa shape index (κ2) is 5.88. The van der Waals surface area contributed by atoms with Crippen LogP contribution in [0.1, 0.15) is 36.7 Å². The number of para-hydroxylation sites is 1. The van der Waals surface area contributed by atoms with Gasteiger partial charge in [0.25, 0.3) is 0 Å². The van der Waals surface area contributed by atoms with Crippen molar-refractivity contribution >= 4 is 17.3 Å². The van der Waals surface area contributed by atoms with Crippen molar-refractivity contribution in [1.29, 1.82) is 0 Å². The summed E-state index contributed by atoms with van der Waals surface area (Å²) in [6.07, 6.45) is 0. The number of nitrogen functional groups attached to an aromatic ring is 1. The van der Waals surface area contributed by atoms with E-state index in [9.17, 15) is 0 Å². The van der Waals surface area contributed by atoms with Crippen LogP contribution in [0, 0.1) is 13.8 Å². The van der Waals surface area contributed by atoms with Crippen molar-refractivity contribution in [1.82, 2.24) is 9.97 Å². The number of hydrogen-bond donors (Lipinski definition) is 3. The van der Waals surface area contributed by atoms with Crippen LogP contribution in [0.15, 0.2) is 24.3 Å². The summed E-state index contributed by atoms with van der Waals surface area (Å²) in [4.78, 5) is 8.72. The Kier molecular flexibility index (Phi) is 4.20. The predicted molar refractivity (Wildman–Crippen MR) is 83.1 cm³/mol. The molecule has 5 nitrogen and oxygen atoms in total. The normalized spacial score (nSPS) is 10.7. The third-order valence-electron chi connectivity index (χ3n) is 3.23. The molecule has 0 atom stereocenters. The lowest BCUT2D eigenvalue weighted by Crippen LogP contribution is -2.13. The van der Waals surface area contributed by atoms with Crippen molar-refractivity contribution in [2.75, 3.05) is 10.7 Å². The lowest BCUT2D eigenvalue weighted by atomic mass is 10.0. The van der Waals surface area contributed by atoms with Gasteiger partial charge in [-0.25, -0.2) is 15.8 Å². The van der Waals surface area contributed by atoms with Gasteiger partial charge in [0.2, 0.25) is 0 Å². The fraction of sp³-hybridized carbons (Fsp3) is 0.333. The zero-order valence-corrected chi connectivity index (χ0v) is 12.4. The minimum Gasteiger partial charge on any atom is -0.340 e. The summed E-state index contributed by atoms with van der Waals surface area (Å²) in [5, 5.41) is 3.39. The zero-order valence-electron chi connectivity index (χ0n) is 12.4. The molecule has 0 aliphatic heterocycles. The molecule has 1 aromatic carbocycles. The third kappa shape index (κ3) is 2.88. The minimum atomic E-state index is 0.439. The number of aromatic nitrogens is 2. The molecule has 0 amide bonds. The molecule has 0 spiro atoms. The van der Waals surface area contributed by atoms with Crippen LogP contribution in [0.25, 0.3) is 0 Å². The van der Waals surface area contributed by atoms with Gasteiger partial charge in [0.1, 0.15) is 17.5 Å². The quantitative estimate of drug-likeness (QED) is 0.588. The van der Waals surface area contributed by atoms with E-state index in [-0.39, 0.29) is 0 Å². The van der Waals surface area contributed by atoms with Crippen molar-refractivity contribution in [3.63, 3.8) is 0 Å². The maximum Gasteiger partial charge on any atom is 0.148 e. The number of aryl methyl sites for hydroxylation is 1. The molecule has 1 aromatic heterocycles. The SMILES string of the molecule is Cc1nc(NN)c(C)c(Nc2ccccc2C(C)C)n1. The Balaban J connectivity index is 2.43. The fourth-order valence-corrected chi connectivity index (χ4v) is 2.13. The van der Waals surface area contributed by atoms with Gasteiger partial charge >= 0.3 is 0 Å². The van der Waals surface area contributed by atoms with Crippen molar-refractivity contribution in [3.05, 3.63) is 41.2 Å². The molecular weight excluding hydrogens is 250 g/mol. The highest BCUT2D eigenvalue weighted by molar-refractivity contribution is 5.67. The molecule has 0 unspecified atom stereocenters. The molecule has 0 saturated carbocycles. The first-order valence-corrected chi connectivity index (χ1v) is 6.70. The van der Waals surface area contributed by atoms with Gasteiger partial charge in [-0.05, 0) is 31.4 Å². The summed E-state index contributed by atoms with van der Waals surface area (Å²) in [5.41, 5.74) is 5.82. The molecule has 2 aromatic rings. The first kappa shape index (κ1) is 14.3. The molecule has 4 N–H and O–H groups in total. The van der Waals surface area contributed by atoms with E-state index in [1.54, 1.807) is 0 Å². The zero-order chi connectivity index (χ0) is 14.7. The van der Waals surface area contributed by atoms with Crippen LogP contribution in [0.2, 0.25) is 0 Å².